The van der Waals surface area contributed by atoms with Crippen molar-refractivity contribution in [2.24, 2.45) is 0 Å². The molecule has 0 aromatic rings. The van der Waals surface area contributed by atoms with Crippen molar-refractivity contribution < 1.29 is 48.7 Å². The zero-order valence-electron chi connectivity index (χ0n) is 18.9. The molecular formula is C19H34N2O10. The van der Waals surface area contributed by atoms with Crippen LogP contribution in [-0.2, 0) is 23.7 Å². The van der Waals surface area contributed by atoms with Crippen LogP contribution < -0.4 is 10.6 Å². The van der Waals surface area contributed by atoms with Crippen LogP contribution in [0, 0.1) is 0 Å². The third-order valence-corrected chi connectivity index (χ3v) is 4.05. The van der Waals surface area contributed by atoms with E-state index < -0.39 is 65.9 Å². The highest BCUT2D eigenvalue weighted by atomic mass is 16.6. The standard InChI is InChI=1S/C19H34N2O10/c1-18(2,3)30-16(26)20-8-9-11(22)12(23)13(24)14(29-9)10(15(25)28-7)21-17(27)31-19(4,5)6/h9-14,22-24H,8H2,1-7H3,(H,20,26)(H,21,27)/t9?,10-,11+,12+,13?,14-/m1/s1. The maximum absolute atomic E-state index is 12.3. The number of aliphatic hydroxyl groups excluding tert-OH is 3. The number of carbonyl (C=O) groups excluding carboxylic acids is 3. The molecule has 1 aliphatic rings. The molecule has 5 N–H and O–H groups in total. The van der Waals surface area contributed by atoms with Crippen LogP contribution in [0.3, 0.4) is 0 Å². The molecule has 0 aromatic heterocycles. The smallest absolute Gasteiger partial charge is 0.408 e. The maximum Gasteiger partial charge on any atom is 0.408 e. The van der Waals surface area contributed by atoms with Crippen LogP contribution in [0.1, 0.15) is 41.5 Å². The molecule has 1 rings (SSSR count). The van der Waals surface area contributed by atoms with E-state index >= 15 is 0 Å². The maximum atomic E-state index is 12.3. The van der Waals surface area contributed by atoms with Crippen LogP contribution in [0.15, 0.2) is 0 Å². The van der Waals surface area contributed by atoms with Crippen molar-refractivity contribution >= 4 is 18.2 Å². The molecule has 0 radical (unpaired) electrons. The molecule has 180 valence electrons. The van der Waals surface area contributed by atoms with Gasteiger partial charge < -0.3 is 44.9 Å². The molecule has 2 amide bonds. The quantitative estimate of drug-likeness (QED) is 0.270. The Kier molecular flexibility index (Phi) is 9.06. The van der Waals surface area contributed by atoms with E-state index in [1.807, 2.05) is 0 Å². The first-order valence-corrected chi connectivity index (χ1v) is 9.79. The van der Waals surface area contributed by atoms with E-state index in [9.17, 15) is 29.7 Å². The van der Waals surface area contributed by atoms with Crippen molar-refractivity contribution in [3.63, 3.8) is 0 Å². The van der Waals surface area contributed by atoms with Crippen LogP contribution in [0.25, 0.3) is 0 Å². The van der Waals surface area contributed by atoms with E-state index in [-0.39, 0.29) is 6.54 Å². The molecule has 2 unspecified atom stereocenters. The lowest BCUT2D eigenvalue weighted by Gasteiger charge is -2.42. The summed E-state index contributed by atoms with van der Waals surface area (Å²) in [6.45, 7) is 9.53. The van der Waals surface area contributed by atoms with Gasteiger partial charge in [-0.3, -0.25) is 0 Å². The minimum Gasteiger partial charge on any atom is -0.467 e. The van der Waals surface area contributed by atoms with E-state index in [0.29, 0.717) is 0 Å². The van der Waals surface area contributed by atoms with Gasteiger partial charge in [-0.1, -0.05) is 0 Å². The van der Waals surface area contributed by atoms with Crippen LogP contribution in [-0.4, -0.2) is 94.9 Å². The molecule has 1 saturated heterocycles. The Morgan fingerprint density at radius 1 is 0.903 bits per heavy atom. The Morgan fingerprint density at radius 2 is 1.42 bits per heavy atom. The van der Waals surface area contributed by atoms with Gasteiger partial charge in [-0.05, 0) is 41.5 Å². The number of nitrogens with one attached hydrogen (secondary N) is 2. The number of hydrogen-bond donors (Lipinski definition) is 5. The SMILES string of the molecule is COC(=O)[C@H](NC(=O)OC(C)(C)C)[C@H]1OC(CNC(=O)OC(C)(C)C)[C@H](O)[C@H](O)C1O. The summed E-state index contributed by atoms with van der Waals surface area (Å²) in [7, 11) is 1.06. The minimum absolute atomic E-state index is 0.309. The van der Waals surface area contributed by atoms with E-state index in [4.69, 9.17) is 14.2 Å². The number of carbonyl (C=O) groups is 3. The van der Waals surface area contributed by atoms with Crippen LogP contribution in [0.5, 0.6) is 0 Å². The average molecular weight is 450 g/mol. The van der Waals surface area contributed by atoms with Crippen molar-refractivity contribution in [2.45, 2.75) is 89.3 Å². The topological polar surface area (TPSA) is 173 Å². The molecular weight excluding hydrogens is 416 g/mol. The lowest BCUT2D eigenvalue weighted by atomic mass is 9.91. The van der Waals surface area contributed by atoms with Gasteiger partial charge in [-0.25, -0.2) is 14.4 Å². The second-order valence-electron chi connectivity index (χ2n) is 9.14. The Morgan fingerprint density at radius 3 is 1.90 bits per heavy atom. The average Bonchev–Trinajstić information content (AvgIpc) is 2.60. The summed E-state index contributed by atoms with van der Waals surface area (Å²) in [6.07, 6.45) is -9.61. The molecule has 1 fully saturated rings. The molecule has 0 bridgehead atoms. The lowest BCUT2D eigenvalue weighted by Crippen LogP contribution is -2.66. The summed E-state index contributed by atoms with van der Waals surface area (Å²) >= 11 is 0. The van der Waals surface area contributed by atoms with E-state index in [0.717, 1.165) is 7.11 Å². The fourth-order valence-electron chi connectivity index (χ4n) is 2.76. The third kappa shape index (κ3) is 8.48. The Bertz CT molecular complexity index is 643. The van der Waals surface area contributed by atoms with E-state index in [1.54, 1.807) is 41.5 Å². The predicted octanol–water partition coefficient (Wildman–Crippen LogP) is -0.572. The van der Waals surface area contributed by atoms with Gasteiger partial charge in [-0.15, -0.1) is 0 Å². The fraction of sp³-hybridized carbons (Fsp3) is 0.842. The number of rotatable bonds is 5. The van der Waals surface area contributed by atoms with E-state index in [2.05, 4.69) is 15.4 Å². The fourth-order valence-corrected chi connectivity index (χ4v) is 2.76. The number of alkyl carbamates (subject to hydrolysis) is 2. The summed E-state index contributed by atoms with van der Waals surface area (Å²) in [5, 5.41) is 35.5. The normalized spacial score (nSPS) is 27.6. The monoisotopic (exact) mass is 450 g/mol. The Labute approximate surface area is 181 Å². The molecule has 0 spiro atoms. The van der Waals surface area contributed by atoms with Crippen LogP contribution in [0.2, 0.25) is 0 Å². The predicted molar refractivity (Wildman–Crippen MR) is 106 cm³/mol. The number of ether oxygens (including phenoxy) is 4. The van der Waals surface area contributed by atoms with Gasteiger partial charge in [0, 0.05) is 6.54 Å². The number of hydrogen-bond acceptors (Lipinski definition) is 10. The molecule has 0 saturated carbocycles. The first-order chi connectivity index (χ1) is 14.1. The molecule has 6 atom stereocenters. The first kappa shape index (κ1) is 26.9. The molecule has 1 aliphatic heterocycles. The lowest BCUT2D eigenvalue weighted by molar-refractivity contribution is -0.228. The Hall–Kier alpha value is -2.15. The zero-order chi connectivity index (χ0) is 24.1. The largest absolute Gasteiger partial charge is 0.467 e. The van der Waals surface area contributed by atoms with Crippen molar-refractivity contribution in [1.29, 1.82) is 0 Å². The highest BCUT2D eigenvalue weighted by Crippen LogP contribution is 2.24. The van der Waals surface area contributed by atoms with Gasteiger partial charge in [0.25, 0.3) is 0 Å². The van der Waals surface area contributed by atoms with Gasteiger partial charge in [0.2, 0.25) is 0 Å². The number of methoxy groups -OCH3 is 1. The number of esters is 1. The third-order valence-electron chi connectivity index (χ3n) is 4.05. The molecule has 0 aliphatic carbocycles. The summed E-state index contributed by atoms with van der Waals surface area (Å²) in [5.41, 5.74) is -1.63. The highest BCUT2D eigenvalue weighted by molar-refractivity contribution is 5.82. The second kappa shape index (κ2) is 10.4. The first-order valence-electron chi connectivity index (χ1n) is 9.79. The second-order valence-corrected chi connectivity index (χ2v) is 9.14. The van der Waals surface area contributed by atoms with Gasteiger partial charge in [0.05, 0.1) is 7.11 Å². The van der Waals surface area contributed by atoms with Crippen molar-refractivity contribution in [2.75, 3.05) is 13.7 Å². The highest BCUT2D eigenvalue weighted by Gasteiger charge is 2.49. The summed E-state index contributed by atoms with van der Waals surface area (Å²) in [4.78, 5) is 36.3. The van der Waals surface area contributed by atoms with Gasteiger partial charge in [0.15, 0.2) is 6.04 Å². The summed E-state index contributed by atoms with van der Waals surface area (Å²) in [6, 6.07) is -1.57. The minimum atomic E-state index is -1.76. The molecule has 12 nitrogen and oxygen atoms in total. The van der Waals surface area contributed by atoms with Gasteiger partial charge >= 0.3 is 18.2 Å². The zero-order valence-corrected chi connectivity index (χ0v) is 18.9. The van der Waals surface area contributed by atoms with Crippen molar-refractivity contribution in [3.8, 4) is 0 Å². The molecule has 12 heteroatoms. The van der Waals surface area contributed by atoms with Gasteiger partial charge in [-0.2, -0.15) is 0 Å². The molecule has 31 heavy (non-hydrogen) atoms. The molecule has 1 heterocycles. The van der Waals surface area contributed by atoms with Crippen LogP contribution >= 0.6 is 0 Å². The van der Waals surface area contributed by atoms with Gasteiger partial charge in [0.1, 0.15) is 41.7 Å². The molecule has 0 aromatic carbocycles. The number of aliphatic hydroxyl groups is 3. The summed E-state index contributed by atoms with van der Waals surface area (Å²) in [5.74, 6) is -0.975. The van der Waals surface area contributed by atoms with Crippen molar-refractivity contribution in [3.05, 3.63) is 0 Å². The Balaban J connectivity index is 2.98. The summed E-state index contributed by atoms with van der Waals surface area (Å²) < 4.78 is 20.4. The number of amides is 2. The van der Waals surface area contributed by atoms with E-state index in [1.165, 1.54) is 0 Å². The van der Waals surface area contributed by atoms with Crippen molar-refractivity contribution in [1.82, 2.24) is 10.6 Å². The van der Waals surface area contributed by atoms with Crippen LogP contribution in [0.4, 0.5) is 9.59 Å².